The molecule has 0 aromatic heterocycles. The number of halogens is 3. The van der Waals surface area contributed by atoms with Crippen molar-refractivity contribution in [2.45, 2.75) is 18.7 Å². The van der Waals surface area contributed by atoms with E-state index in [2.05, 4.69) is 10.1 Å². The Morgan fingerprint density at radius 2 is 2.17 bits per heavy atom. The largest absolute Gasteiger partial charge is 0.466 e. The first kappa shape index (κ1) is 19.4. The van der Waals surface area contributed by atoms with Gasteiger partial charge < -0.3 is 15.2 Å². The molecule has 0 aliphatic heterocycles. The molecular weight excluding hydrogens is 333 g/mol. The third kappa shape index (κ3) is 5.88. The van der Waals surface area contributed by atoms with Crippen LogP contribution in [0.5, 0.6) is 0 Å². The highest BCUT2D eigenvalue weighted by Crippen LogP contribution is 2.27. The lowest BCUT2D eigenvalue weighted by molar-refractivity contribution is -0.384. The van der Waals surface area contributed by atoms with E-state index in [9.17, 15) is 28.1 Å². The molecule has 0 fully saturated rings. The number of anilines is 1. The van der Waals surface area contributed by atoms with Crippen LogP contribution in [-0.4, -0.2) is 41.9 Å². The first-order valence-corrected chi connectivity index (χ1v) is 6.68. The average molecular weight is 348 g/mol. The zero-order valence-electron chi connectivity index (χ0n) is 12.5. The second kappa shape index (κ2) is 8.29. The second-order valence-electron chi connectivity index (χ2n) is 4.66. The van der Waals surface area contributed by atoms with Gasteiger partial charge in [0.2, 0.25) is 0 Å². The summed E-state index contributed by atoms with van der Waals surface area (Å²) in [5.74, 6) is -0.638. The van der Waals surface area contributed by atoms with Gasteiger partial charge in [-0.1, -0.05) is 6.07 Å². The number of aliphatic hydroxyl groups is 1. The number of carbonyl (C=O) groups is 1. The second-order valence-corrected chi connectivity index (χ2v) is 4.66. The number of hydrogen-bond acceptors (Lipinski definition) is 6. The molecular formula is C14H15F3N2O5. The summed E-state index contributed by atoms with van der Waals surface area (Å²) in [7, 11) is 1.18. The van der Waals surface area contributed by atoms with Crippen molar-refractivity contribution >= 4 is 23.4 Å². The summed E-state index contributed by atoms with van der Waals surface area (Å²) in [6.07, 6.45) is -5.52. The Hall–Kier alpha value is -2.62. The third-order valence-corrected chi connectivity index (χ3v) is 2.94. The third-order valence-electron chi connectivity index (χ3n) is 2.94. The smallest absolute Gasteiger partial charge is 0.414 e. The molecule has 1 rings (SSSR count). The molecule has 0 heterocycles. The van der Waals surface area contributed by atoms with Gasteiger partial charge in [0.05, 0.1) is 12.0 Å². The summed E-state index contributed by atoms with van der Waals surface area (Å²) >= 11 is 0. The number of nitro benzene ring substituents is 1. The summed E-state index contributed by atoms with van der Waals surface area (Å²) in [6, 6.07) is 3.89. The fourth-order valence-electron chi connectivity index (χ4n) is 1.69. The van der Waals surface area contributed by atoms with E-state index in [1.165, 1.54) is 25.3 Å². The Kier molecular flexibility index (Phi) is 6.71. The number of rotatable bonds is 7. The molecule has 0 aliphatic carbocycles. The summed E-state index contributed by atoms with van der Waals surface area (Å²) in [5, 5.41) is 22.4. The topological polar surface area (TPSA) is 102 Å². The minimum Gasteiger partial charge on any atom is -0.466 e. The van der Waals surface area contributed by atoms with Crippen molar-refractivity contribution in [3.05, 3.63) is 40.0 Å². The maximum absolute atomic E-state index is 12.2. The number of ether oxygens (including phenoxy) is 1. The van der Waals surface area contributed by atoms with E-state index in [0.29, 0.717) is 5.56 Å². The van der Waals surface area contributed by atoms with E-state index < -0.39 is 29.6 Å². The summed E-state index contributed by atoms with van der Waals surface area (Å²) in [4.78, 5) is 21.3. The minimum atomic E-state index is -4.74. The molecule has 1 aromatic rings. The van der Waals surface area contributed by atoms with Crippen LogP contribution in [0.2, 0.25) is 0 Å². The Morgan fingerprint density at radius 3 is 2.71 bits per heavy atom. The predicted octanol–water partition coefficient (Wildman–Crippen LogP) is 2.51. The average Bonchev–Trinajstić information content (AvgIpc) is 2.51. The fraction of sp³-hybridized carbons (Fsp3) is 0.357. The van der Waals surface area contributed by atoms with Gasteiger partial charge in [-0.2, -0.15) is 13.2 Å². The number of benzene rings is 1. The van der Waals surface area contributed by atoms with Crippen LogP contribution in [-0.2, 0) is 9.53 Å². The van der Waals surface area contributed by atoms with Crippen molar-refractivity contribution < 1.29 is 32.7 Å². The van der Waals surface area contributed by atoms with Crippen LogP contribution in [0.1, 0.15) is 12.0 Å². The molecule has 0 unspecified atom stereocenters. The molecule has 0 saturated heterocycles. The Bertz CT molecular complexity index is 631. The number of nitrogens with one attached hydrogen (secondary N) is 1. The molecule has 0 aliphatic rings. The summed E-state index contributed by atoms with van der Waals surface area (Å²) in [6.45, 7) is -0.307. The molecule has 10 heteroatoms. The number of alkyl halides is 3. The number of carbonyl (C=O) groups excluding carboxylic acids is 1. The van der Waals surface area contributed by atoms with E-state index in [-0.39, 0.29) is 17.9 Å². The molecule has 2 N–H and O–H groups in total. The van der Waals surface area contributed by atoms with Gasteiger partial charge in [-0.15, -0.1) is 0 Å². The quantitative estimate of drug-likeness (QED) is 0.340. The lowest BCUT2D eigenvalue weighted by Gasteiger charge is -2.15. The van der Waals surface area contributed by atoms with Crippen LogP contribution in [0.4, 0.5) is 24.5 Å². The molecule has 132 valence electrons. The van der Waals surface area contributed by atoms with Crippen LogP contribution < -0.4 is 5.32 Å². The molecule has 1 atom stereocenters. The lowest BCUT2D eigenvalue weighted by Crippen LogP contribution is -2.30. The molecule has 0 spiro atoms. The normalized spacial score (nSPS) is 12.9. The van der Waals surface area contributed by atoms with Crippen molar-refractivity contribution in [2.24, 2.45) is 0 Å². The van der Waals surface area contributed by atoms with Gasteiger partial charge in [-0.3, -0.25) is 10.1 Å². The van der Waals surface area contributed by atoms with Crippen molar-refractivity contribution in [1.29, 1.82) is 0 Å². The highest BCUT2D eigenvalue weighted by Gasteiger charge is 2.37. The zero-order chi connectivity index (χ0) is 18.3. The number of methoxy groups -OCH3 is 1. The van der Waals surface area contributed by atoms with Gasteiger partial charge in [0.15, 0.2) is 6.10 Å². The number of nitrogens with zero attached hydrogens (tertiary/aromatic N) is 1. The summed E-state index contributed by atoms with van der Waals surface area (Å²) < 4.78 is 40.9. The number of nitro groups is 1. The van der Waals surface area contributed by atoms with Gasteiger partial charge in [-0.05, 0) is 24.1 Å². The highest BCUT2D eigenvalue weighted by atomic mass is 19.4. The Morgan fingerprint density at radius 1 is 1.50 bits per heavy atom. The maximum Gasteiger partial charge on any atom is 0.414 e. The van der Waals surface area contributed by atoms with E-state index in [4.69, 9.17) is 5.11 Å². The van der Waals surface area contributed by atoms with Gasteiger partial charge in [0.1, 0.15) is 5.69 Å². The van der Waals surface area contributed by atoms with Crippen molar-refractivity contribution in [3.63, 3.8) is 0 Å². The SMILES string of the molecule is COC(=O)/C=C\c1ccc(NCC[C@@H](O)C(F)(F)F)c([N+](=O)[O-])c1. The van der Waals surface area contributed by atoms with Crippen LogP contribution in [0.25, 0.3) is 6.08 Å². The molecule has 1 aromatic carbocycles. The number of esters is 1. The molecule has 7 nitrogen and oxygen atoms in total. The molecule has 0 bridgehead atoms. The van der Waals surface area contributed by atoms with E-state index >= 15 is 0 Å². The fourth-order valence-corrected chi connectivity index (χ4v) is 1.69. The van der Waals surface area contributed by atoms with Crippen LogP contribution >= 0.6 is 0 Å². The van der Waals surface area contributed by atoms with Crippen molar-refractivity contribution in [3.8, 4) is 0 Å². The summed E-state index contributed by atoms with van der Waals surface area (Å²) in [5.41, 5.74) is -0.0268. The molecule has 0 amide bonds. The first-order valence-electron chi connectivity index (χ1n) is 6.68. The monoisotopic (exact) mass is 348 g/mol. The van der Waals surface area contributed by atoms with E-state index in [1.807, 2.05) is 0 Å². The van der Waals surface area contributed by atoms with Crippen LogP contribution in [0.15, 0.2) is 24.3 Å². The molecule has 0 saturated carbocycles. The minimum absolute atomic E-state index is 0.00425. The number of aliphatic hydroxyl groups excluding tert-OH is 1. The molecule has 24 heavy (non-hydrogen) atoms. The van der Waals surface area contributed by atoms with E-state index in [0.717, 1.165) is 12.1 Å². The van der Waals surface area contributed by atoms with Gasteiger partial charge in [-0.25, -0.2) is 4.79 Å². The van der Waals surface area contributed by atoms with Crippen LogP contribution in [0.3, 0.4) is 0 Å². The van der Waals surface area contributed by atoms with Crippen molar-refractivity contribution in [2.75, 3.05) is 19.0 Å². The van der Waals surface area contributed by atoms with E-state index in [1.54, 1.807) is 0 Å². The standard InChI is InChI=1S/C14H15F3N2O5/c1-24-13(21)5-3-9-2-4-10(11(8-9)19(22)23)18-7-6-12(20)14(15,16)17/h2-5,8,12,18,20H,6-7H2,1H3/b5-3-/t12-/m1/s1. The molecule has 0 radical (unpaired) electrons. The first-order chi connectivity index (χ1) is 11.1. The van der Waals surface area contributed by atoms with Gasteiger partial charge >= 0.3 is 12.1 Å². The lowest BCUT2D eigenvalue weighted by atomic mass is 10.1. The maximum atomic E-state index is 12.2. The van der Waals surface area contributed by atoms with Crippen LogP contribution in [0, 0.1) is 10.1 Å². The predicted molar refractivity (Wildman–Crippen MR) is 79.3 cm³/mol. The van der Waals surface area contributed by atoms with Gasteiger partial charge in [0, 0.05) is 18.7 Å². The van der Waals surface area contributed by atoms with Crippen molar-refractivity contribution in [1.82, 2.24) is 0 Å². The Balaban J connectivity index is 2.83. The number of hydrogen-bond donors (Lipinski definition) is 2. The Labute approximate surface area is 134 Å². The zero-order valence-corrected chi connectivity index (χ0v) is 12.5. The van der Waals surface area contributed by atoms with Gasteiger partial charge in [0.25, 0.3) is 5.69 Å². The highest BCUT2D eigenvalue weighted by molar-refractivity contribution is 5.87.